The number of hydrogen-bond donors (Lipinski definition) is 1. The van der Waals surface area contributed by atoms with Crippen LogP contribution in [0.3, 0.4) is 0 Å². The molecule has 0 spiro atoms. The molecule has 1 amide bonds. The predicted molar refractivity (Wildman–Crippen MR) is 202 cm³/mol. The number of morpholine rings is 1. The maximum absolute atomic E-state index is 13.7. The smallest absolute Gasteiger partial charge is 0.251 e. The first-order chi connectivity index (χ1) is 23.9. The van der Waals surface area contributed by atoms with Crippen LogP contribution in [0.1, 0.15) is 63.5 Å². The molecule has 2 aliphatic rings. The Morgan fingerprint density at radius 1 is 1.02 bits per heavy atom. The molecule has 0 aromatic heterocycles. The molecule has 1 fully saturated rings. The highest BCUT2D eigenvalue weighted by Crippen LogP contribution is 2.33. The van der Waals surface area contributed by atoms with Crippen molar-refractivity contribution in [2.45, 2.75) is 64.5 Å². The van der Waals surface area contributed by atoms with E-state index in [0.717, 1.165) is 98.1 Å². The summed E-state index contributed by atoms with van der Waals surface area (Å²) < 4.78 is 17.4. The molecular formula is C41H54N4O4. The molecule has 8 heteroatoms. The highest BCUT2D eigenvalue weighted by atomic mass is 16.5. The van der Waals surface area contributed by atoms with Crippen molar-refractivity contribution >= 4 is 30.1 Å². The van der Waals surface area contributed by atoms with Gasteiger partial charge in [-0.1, -0.05) is 50.6 Å². The molecule has 1 N–H and O–H groups in total. The van der Waals surface area contributed by atoms with Gasteiger partial charge in [0, 0.05) is 49.1 Å². The number of ether oxygens (including phenoxy) is 3. The minimum atomic E-state index is -0.0627. The third kappa shape index (κ3) is 10.0. The molecule has 5 rings (SSSR count). The molecule has 262 valence electrons. The highest BCUT2D eigenvalue weighted by molar-refractivity contribution is 6.07. The Balaban J connectivity index is 1.37. The number of benzene rings is 3. The van der Waals surface area contributed by atoms with Crippen LogP contribution in [0.5, 0.6) is 5.75 Å². The molecule has 2 heterocycles. The van der Waals surface area contributed by atoms with E-state index in [-0.39, 0.29) is 17.9 Å². The lowest BCUT2D eigenvalue weighted by atomic mass is 9.94. The lowest BCUT2D eigenvalue weighted by Gasteiger charge is -2.38. The van der Waals surface area contributed by atoms with Crippen LogP contribution in [-0.2, 0) is 14.3 Å². The fourth-order valence-corrected chi connectivity index (χ4v) is 6.36. The largest absolute Gasteiger partial charge is 0.491 e. The number of likely N-dealkylation sites (N-methyl/N-ethyl adjacent to an activating group) is 1. The van der Waals surface area contributed by atoms with E-state index in [1.165, 1.54) is 5.56 Å². The van der Waals surface area contributed by atoms with Gasteiger partial charge in [-0.3, -0.25) is 14.7 Å². The number of nitrogens with one attached hydrogen (secondary N) is 1. The van der Waals surface area contributed by atoms with E-state index >= 15 is 0 Å². The van der Waals surface area contributed by atoms with E-state index in [1.54, 1.807) is 0 Å². The Morgan fingerprint density at radius 3 is 2.53 bits per heavy atom. The van der Waals surface area contributed by atoms with E-state index < -0.39 is 0 Å². The molecule has 8 nitrogen and oxygen atoms in total. The molecule has 3 unspecified atom stereocenters. The average molecular weight is 667 g/mol. The van der Waals surface area contributed by atoms with Crippen molar-refractivity contribution in [1.82, 2.24) is 4.90 Å². The summed E-state index contributed by atoms with van der Waals surface area (Å²) in [7, 11) is 2.18. The Labute approximate surface area is 293 Å². The first-order valence-corrected chi connectivity index (χ1v) is 17.9. The molecule has 3 aromatic rings. The Kier molecular flexibility index (Phi) is 13.4. The highest BCUT2D eigenvalue weighted by Gasteiger charge is 2.25. The Bertz CT molecular complexity index is 1540. The number of rotatable bonds is 15. The van der Waals surface area contributed by atoms with Gasteiger partial charge in [0.2, 0.25) is 0 Å². The molecule has 49 heavy (non-hydrogen) atoms. The zero-order valence-corrected chi connectivity index (χ0v) is 29.8. The van der Waals surface area contributed by atoms with Gasteiger partial charge in [-0.25, -0.2) is 0 Å². The molecule has 0 aliphatic carbocycles. The van der Waals surface area contributed by atoms with Gasteiger partial charge in [0.15, 0.2) is 0 Å². The van der Waals surface area contributed by atoms with Gasteiger partial charge in [-0.15, -0.1) is 0 Å². The van der Waals surface area contributed by atoms with Gasteiger partial charge in [0.1, 0.15) is 12.4 Å². The van der Waals surface area contributed by atoms with Crippen LogP contribution in [0.15, 0.2) is 77.3 Å². The molecule has 3 aromatic carbocycles. The van der Waals surface area contributed by atoms with Crippen LogP contribution < -0.4 is 15.0 Å². The second-order valence-corrected chi connectivity index (χ2v) is 13.3. The number of unbranched alkanes of at least 4 members (excludes halogenated alkanes) is 1. The van der Waals surface area contributed by atoms with Gasteiger partial charge in [-0.2, -0.15) is 0 Å². The summed E-state index contributed by atoms with van der Waals surface area (Å²) in [5.41, 5.74) is 7.11. The summed E-state index contributed by atoms with van der Waals surface area (Å²) in [6.07, 6.45) is 5.86. The molecule has 3 atom stereocenters. The number of anilines is 2. The van der Waals surface area contributed by atoms with Gasteiger partial charge in [0.25, 0.3) is 5.91 Å². The van der Waals surface area contributed by atoms with Crippen LogP contribution in [0.25, 0.3) is 17.2 Å². The lowest BCUT2D eigenvalue weighted by Crippen LogP contribution is -2.49. The standard InChI is InChI=1S/C41H54N4O4/c1-6-7-22-47-24-25-49-39-17-12-33(13-18-39)34-14-19-40-36(26-34)27-35(9-8-20-45(40)28-38-29-48-23-21-44(38)5)41(46)43-37-15-10-32(11-16-37)30(2)31(3)42-4/h10-19,26-27,30-31,38H,4,6-9,20-25,28-29H2,1-3,5H3,(H,43,46)/b35-27+. The maximum atomic E-state index is 13.7. The quantitative estimate of drug-likeness (QED) is 0.132. The normalized spacial score (nSPS) is 19.1. The first-order valence-electron chi connectivity index (χ1n) is 17.9. The molecule has 0 saturated carbocycles. The molecule has 0 radical (unpaired) electrons. The van der Waals surface area contributed by atoms with Gasteiger partial charge in [-0.05, 0) is 105 Å². The third-order valence-corrected chi connectivity index (χ3v) is 9.85. The summed E-state index contributed by atoms with van der Waals surface area (Å²) in [5, 5.41) is 3.16. The molecule has 2 aliphatic heterocycles. The van der Waals surface area contributed by atoms with Crippen molar-refractivity contribution in [2.75, 3.05) is 69.9 Å². The fourth-order valence-electron chi connectivity index (χ4n) is 6.36. The summed E-state index contributed by atoms with van der Waals surface area (Å²) >= 11 is 0. The molecule has 0 bridgehead atoms. The van der Waals surface area contributed by atoms with Crippen molar-refractivity contribution in [3.63, 3.8) is 0 Å². The number of aliphatic imine (C=N–C) groups is 1. The van der Waals surface area contributed by atoms with Crippen molar-refractivity contribution < 1.29 is 19.0 Å². The third-order valence-electron chi connectivity index (χ3n) is 9.85. The lowest BCUT2D eigenvalue weighted by molar-refractivity contribution is -0.112. The van der Waals surface area contributed by atoms with Gasteiger partial charge < -0.3 is 24.4 Å². The van der Waals surface area contributed by atoms with E-state index in [0.29, 0.717) is 25.7 Å². The predicted octanol–water partition coefficient (Wildman–Crippen LogP) is 7.69. The minimum Gasteiger partial charge on any atom is -0.491 e. The number of hydrogen-bond acceptors (Lipinski definition) is 7. The average Bonchev–Trinajstić information content (AvgIpc) is 3.12. The number of fused-ring (bicyclic) bond motifs is 1. The van der Waals surface area contributed by atoms with Crippen LogP contribution >= 0.6 is 0 Å². The van der Waals surface area contributed by atoms with Crippen LogP contribution in [0.4, 0.5) is 11.4 Å². The van der Waals surface area contributed by atoms with E-state index in [9.17, 15) is 4.79 Å². The van der Waals surface area contributed by atoms with E-state index in [4.69, 9.17) is 14.2 Å². The topological polar surface area (TPSA) is 75.6 Å². The monoisotopic (exact) mass is 666 g/mol. The SMILES string of the molecule is C=NC(C)C(C)c1ccc(NC(=O)/C2=C/c3cc(-c4ccc(OCCOCCCC)cc4)ccc3N(CC3COCCN3C)CCC2)cc1. The zero-order valence-electron chi connectivity index (χ0n) is 29.8. The van der Waals surface area contributed by atoms with Crippen molar-refractivity contribution in [3.05, 3.63) is 83.4 Å². The summed E-state index contributed by atoms with van der Waals surface area (Å²) in [5.74, 6) is 1.02. The fraction of sp³-hybridized carbons (Fsp3) is 0.463. The van der Waals surface area contributed by atoms with Crippen LogP contribution in [0, 0.1) is 0 Å². The maximum Gasteiger partial charge on any atom is 0.251 e. The Morgan fingerprint density at radius 2 is 1.80 bits per heavy atom. The number of nitrogens with zero attached hydrogens (tertiary/aromatic N) is 3. The van der Waals surface area contributed by atoms with Crippen molar-refractivity contribution in [2.24, 2.45) is 4.99 Å². The van der Waals surface area contributed by atoms with E-state index in [1.807, 2.05) is 24.3 Å². The summed E-state index contributed by atoms with van der Waals surface area (Å²) in [4.78, 5) is 22.8. The Hall–Kier alpha value is -3.98. The van der Waals surface area contributed by atoms with Crippen molar-refractivity contribution in [3.8, 4) is 16.9 Å². The zero-order chi connectivity index (χ0) is 34.6. The van der Waals surface area contributed by atoms with Crippen molar-refractivity contribution in [1.29, 1.82) is 0 Å². The van der Waals surface area contributed by atoms with Crippen LogP contribution in [0.2, 0.25) is 0 Å². The second kappa shape index (κ2) is 18.1. The first kappa shape index (κ1) is 36.3. The van der Waals surface area contributed by atoms with Gasteiger partial charge in [0.05, 0.1) is 31.9 Å². The van der Waals surface area contributed by atoms with Gasteiger partial charge >= 0.3 is 0 Å². The number of carbonyl (C=O) groups excluding carboxylic acids is 1. The second-order valence-electron chi connectivity index (χ2n) is 13.3. The summed E-state index contributed by atoms with van der Waals surface area (Å²) in [6, 6.07) is 23.4. The van der Waals surface area contributed by atoms with E-state index in [2.05, 4.69) is 103 Å². The molecule has 1 saturated heterocycles. The molecular weight excluding hydrogens is 612 g/mol. The number of amides is 1. The number of carbonyl (C=O) groups is 1. The minimum absolute atomic E-state index is 0.0627. The van der Waals surface area contributed by atoms with Crippen LogP contribution in [-0.4, -0.2) is 89.3 Å². The summed E-state index contributed by atoms with van der Waals surface area (Å²) in [6.45, 7) is 16.1.